The van der Waals surface area contributed by atoms with Gasteiger partial charge in [-0.1, -0.05) is 0 Å². The van der Waals surface area contributed by atoms with E-state index in [1.807, 2.05) is 0 Å². The van der Waals surface area contributed by atoms with Crippen LogP contribution in [-0.4, -0.2) is 10.0 Å². The minimum Gasteiger partial charge on any atom is -0.505 e. The number of nitrogens with zero attached hydrogens (tertiary/aromatic N) is 1. The third-order valence-electron chi connectivity index (χ3n) is 0.662. The van der Waals surface area contributed by atoms with Gasteiger partial charge in [-0.05, 0) is 0 Å². The average Bonchev–Trinajstić information content (AvgIpc) is 1.64. The largest absolute Gasteiger partial charge is 0.505 e. The van der Waals surface area contributed by atoms with Crippen LogP contribution in [0.15, 0.2) is 11.5 Å². The summed E-state index contributed by atoms with van der Waals surface area (Å²) in [6.07, 6.45) is 4.67. The lowest BCUT2D eigenvalue weighted by Gasteiger charge is -1.87. The molecule has 0 aliphatic rings. The highest BCUT2D eigenvalue weighted by molar-refractivity contribution is 5.19. The van der Waals surface area contributed by atoms with Gasteiger partial charge in [0.1, 0.15) is 0 Å². The molecule has 9 heavy (non-hydrogen) atoms. The Labute approximate surface area is 52.0 Å². The van der Waals surface area contributed by atoms with E-state index in [1.54, 1.807) is 5.92 Å². The Hall–Kier alpha value is -1.50. The van der Waals surface area contributed by atoms with E-state index < -0.39 is 16.4 Å². The van der Waals surface area contributed by atoms with Crippen LogP contribution in [0.2, 0.25) is 0 Å². The predicted molar refractivity (Wildman–Crippen MR) is 31.2 cm³/mol. The Morgan fingerprint density at radius 2 is 2.33 bits per heavy atom. The Morgan fingerprint density at radius 3 is 2.33 bits per heavy atom. The highest BCUT2D eigenvalue weighted by atomic mass is 16.6. The van der Waals surface area contributed by atoms with Crippen molar-refractivity contribution in [2.75, 3.05) is 0 Å². The minimum absolute atomic E-state index is 0.442. The van der Waals surface area contributed by atoms with Crippen molar-refractivity contribution in [3.8, 4) is 12.3 Å². The first-order chi connectivity index (χ1) is 4.09. The Bertz CT molecular complexity index is 195. The van der Waals surface area contributed by atoms with Gasteiger partial charge in [0, 0.05) is 12.8 Å². The van der Waals surface area contributed by atoms with Crippen LogP contribution in [0.3, 0.4) is 0 Å². The van der Waals surface area contributed by atoms with Crippen LogP contribution in [0, 0.1) is 22.5 Å². The molecule has 0 spiro atoms. The van der Waals surface area contributed by atoms with Gasteiger partial charge in [-0.25, -0.2) is 0 Å². The molecule has 0 bridgehead atoms. The summed E-state index contributed by atoms with van der Waals surface area (Å²) >= 11 is 0. The van der Waals surface area contributed by atoms with Crippen LogP contribution in [0.4, 0.5) is 0 Å². The monoisotopic (exact) mass is 127 g/mol. The van der Waals surface area contributed by atoms with E-state index in [1.165, 1.54) is 0 Å². The second kappa shape index (κ2) is 2.72. The van der Waals surface area contributed by atoms with Gasteiger partial charge in [0.15, 0.2) is 5.76 Å². The normalized spacial score (nSPS) is 11.6. The minimum atomic E-state index is -0.810. The number of aliphatic hydroxyl groups excluding tert-OH is 1. The molecule has 0 fully saturated rings. The Kier molecular flexibility index (Phi) is 2.27. The smallest absolute Gasteiger partial charge is 0.355 e. The third kappa shape index (κ3) is 1.82. The molecule has 4 nitrogen and oxygen atoms in total. The maximum absolute atomic E-state index is 9.82. The van der Waals surface area contributed by atoms with Crippen molar-refractivity contribution < 1.29 is 10.0 Å². The zero-order valence-corrected chi connectivity index (χ0v) is 4.79. The predicted octanol–water partition coefficient (Wildman–Crippen LogP) is 0.686. The van der Waals surface area contributed by atoms with E-state index >= 15 is 0 Å². The van der Waals surface area contributed by atoms with Crippen LogP contribution < -0.4 is 0 Å². The summed E-state index contributed by atoms with van der Waals surface area (Å²) in [7, 11) is 0. The van der Waals surface area contributed by atoms with Gasteiger partial charge < -0.3 is 5.11 Å². The van der Waals surface area contributed by atoms with Gasteiger partial charge >= 0.3 is 5.70 Å². The molecule has 0 aromatic heterocycles. The number of nitro groups is 1. The lowest BCUT2D eigenvalue weighted by Crippen LogP contribution is -1.98. The molecule has 0 aliphatic heterocycles. The summed E-state index contributed by atoms with van der Waals surface area (Å²) in [5.74, 6) is 1.29. The first-order valence-electron chi connectivity index (χ1n) is 2.10. The van der Waals surface area contributed by atoms with Crippen molar-refractivity contribution in [3.63, 3.8) is 0 Å². The first kappa shape index (κ1) is 7.50. The van der Waals surface area contributed by atoms with E-state index in [2.05, 4.69) is 6.42 Å². The first-order valence-corrected chi connectivity index (χ1v) is 2.10. The zero-order valence-electron chi connectivity index (χ0n) is 4.79. The SMILES string of the molecule is C#C/C(=C(\C)O)[N+](=O)[O-]. The number of terminal acetylenes is 1. The molecular formula is C5H5NO3. The molecule has 0 aromatic carbocycles. The highest BCUT2D eigenvalue weighted by Gasteiger charge is 2.09. The van der Waals surface area contributed by atoms with Gasteiger partial charge in [0.05, 0.1) is 4.92 Å². The van der Waals surface area contributed by atoms with Gasteiger partial charge in [-0.2, -0.15) is 0 Å². The average molecular weight is 127 g/mol. The van der Waals surface area contributed by atoms with E-state index in [0.29, 0.717) is 0 Å². The fourth-order valence-corrected chi connectivity index (χ4v) is 0.289. The van der Waals surface area contributed by atoms with Crippen molar-refractivity contribution >= 4 is 0 Å². The lowest BCUT2D eigenvalue weighted by molar-refractivity contribution is -0.420. The molecule has 0 aromatic rings. The molecule has 0 atom stereocenters. The molecule has 0 rings (SSSR count). The standard InChI is InChI=1S/C5H5NO3/c1-3-5(4(2)7)6(8)9/h1,7H,2H3/b5-4-. The van der Waals surface area contributed by atoms with Crippen molar-refractivity contribution in [2.45, 2.75) is 6.92 Å². The zero-order chi connectivity index (χ0) is 7.44. The molecule has 48 valence electrons. The second-order valence-corrected chi connectivity index (χ2v) is 1.34. The van der Waals surface area contributed by atoms with Crippen molar-refractivity contribution in [1.82, 2.24) is 0 Å². The highest BCUT2D eigenvalue weighted by Crippen LogP contribution is 1.97. The Balaban J connectivity index is 4.62. The molecule has 0 heterocycles. The molecule has 0 unspecified atom stereocenters. The van der Waals surface area contributed by atoms with Gasteiger partial charge in [-0.15, -0.1) is 6.42 Å². The van der Waals surface area contributed by atoms with Crippen LogP contribution in [-0.2, 0) is 0 Å². The maximum Gasteiger partial charge on any atom is 0.355 e. The van der Waals surface area contributed by atoms with Crippen molar-refractivity contribution in [3.05, 3.63) is 21.6 Å². The number of hydrogen-bond donors (Lipinski definition) is 1. The van der Waals surface area contributed by atoms with E-state index in [9.17, 15) is 10.1 Å². The van der Waals surface area contributed by atoms with Gasteiger partial charge in [-0.3, -0.25) is 10.1 Å². The van der Waals surface area contributed by atoms with Crippen LogP contribution in [0.5, 0.6) is 0 Å². The van der Waals surface area contributed by atoms with E-state index in [0.717, 1.165) is 6.92 Å². The summed E-state index contributed by atoms with van der Waals surface area (Å²) < 4.78 is 0. The van der Waals surface area contributed by atoms with Crippen LogP contribution >= 0.6 is 0 Å². The fourth-order valence-electron chi connectivity index (χ4n) is 0.289. The van der Waals surface area contributed by atoms with E-state index in [4.69, 9.17) is 5.11 Å². The third-order valence-corrected chi connectivity index (χ3v) is 0.662. The molecule has 0 aliphatic carbocycles. The number of hydrogen-bond acceptors (Lipinski definition) is 3. The summed E-state index contributed by atoms with van der Waals surface area (Å²) in [6.45, 7) is 1.16. The van der Waals surface area contributed by atoms with Gasteiger partial charge in [0.2, 0.25) is 0 Å². The number of allylic oxidation sites excluding steroid dienone is 2. The van der Waals surface area contributed by atoms with Crippen LogP contribution in [0.25, 0.3) is 0 Å². The summed E-state index contributed by atoms with van der Waals surface area (Å²) in [5, 5.41) is 18.3. The van der Waals surface area contributed by atoms with Crippen LogP contribution in [0.1, 0.15) is 6.92 Å². The quantitative estimate of drug-likeness (QED) is 0.244. The fraction of sp³-hybridized carbons (Fsp3) is 0.200. The molecule has 0 amide bonds. The Morgan fingerprint density at radius 1 is 1.89 bits per heavy atom. The molecule has 0 radical (unpaired) electrons. The molecule has 4 heteroatoms. The molecule has 0 saturated carbocycles. The second-order valence-electron chi connectivity index (χ2n) is 1.34. The van der Waals surface area contributed by atoms with Crippen molar-refractivity contribution in [1.29, 1.82) is 0 Å². The summed E-state index contributed by atoms with van der Waals surface area (Å²) in [4.78, 5) is 9.01. The summed E-state index contributed by atoms with van der Waals surface area (Å²) in [5.41, 5.74) is -0.588. The summed E-state index contributed by atoms with van der Waals surface area (Å²) in [6, 6.07) is 0. The molecule has 1 N–H and O–H groups in total. The lowest BCUT2D eigenvalue weighted by atomic mass is 10.4. The van der Waals surface area contributed by atoms with Crippen molar-refractivity contribution in [2.24, 2.45) is 0 Å². The van der Waals surface area contributed by atoms with Gasteiger partial charge in [0.25, 0.3) is 0 Å². The number of rotatable bonds is 1. The maximum atomic E-state index is 9.82. The molecular weight excluding hydrogens is 122 g/mol. The van der Waals surface area contributed by atoms with E-state index in [-0.39, 0.29) is 0 Å². The number of aliphatic hydroxyl groups is 1. The topological polar surface area (TPSA) is 63.4 Å². The molecule has 0 saturated heterocycles.